The van der Waals surface area contributed by atoms with Gasteiger partial charge in [0.15, 0.2) is 0 Å². The fourth-order valence-electron chi connectivity index (χ4n) is 3.62. The highest BCUT2D eigenvalue weighted by atomic mass is 16.4. The first-order valence-corrected chi connectivity index (χ1v) is 12.3. The normalized spacial score (nSPS) is 14.2. The highest BCUT2D eigenvalue weighted by Gasteiger charge is 2.31. The number of rotatable bonds is 17. The van der Waals surface area contributed by atoms with Gasteiger partial charge in [0.25, 0.3) is 0 Å². The first-order chi connectivity index (χ1) is 17.4. The molecule has 4 atom stereocenters. The third kappa shape index (κ3) is 12.3. The van der Waals surface area contributed by atoms with Gasteiger partial charge in [-0.1, -0.05) is 44.2 Å². The molecule has 0 aliphatic heterocycles. The van der Waals surface area contributed by atoms with Crippen molar-refractivity contribution in [3.8, 4) is 0 Å². The number of benzene rings is 1. The molecule has 0 fully saturated rings. The molecule has 1 rings (SSSR count). The third-order valence-corrected chi connectivity index (χ3v) is 5.55. The number of nitrogens with one attached hydrogen (secondary N) is 3. The molecule has 0 spiro atoms. The molecule has 3 amide bonds. The summed E-state index contributed by atoms with van der Waals surface area (Å²) < 4.78 is 0. The lowest BCUT2D eigenvalue weighted by atomic mass is 10.00. The van der Waals surface area contributed by atoms with Crippen molar-refractivity contribution in [3.63, 3.8) is 0 Å². The van der Waals surface area contributed by atoms with E-state index in [1.165, 1.54) is 0 Å². The minimum absolute atomic E-state index is 0.0253. The molecule has 0 aliphatic carbocycles. The Hall–Kier alpha value is -3.51. The zero-order valence-electron chi connectivity index (χ0n) is 21.3. The second-order valence-corrected chi connectivity index (χ2v) is 9.33. The van der Waals surface area contributed by atoms with E-state index in [4.69, 9.17) is 16.6 Å². The van der Waals surface area contributed by atoms with E-state index >= 15 is 0 Å². The summed E-state index contributed by atoms with van der Waals surface area (Å²) in [6.07, 6.45) is 0.967. The van der Waals surface area contributed by atoms with Crippen LogP contribution in [0.4, 0.5) is 0 Å². The van der Waals surface area contributed by atoms with Gasteiger partial charge in [-0.15, -0.1) is 0 Å². The Kier molecular flexibility index (Phi) is 13.9. The number of carbonyl (C=O) groups is 5. The summed E-state index contributed by atoms with van der Waals surface area (Å²) in [7, 11) is 0. The average molecular weight is 522 g/mol. The Bertz CT molecular complexity index is 910. The molecule has 37 heavy (non-hydrogen) atoms. The molecular formula is C25H39N5O7. The Balaban J connectivity index is 3.07. The molecule has 12 nitrogen and oxygen atoms in total. The van der Waals surface area contributed by atoms with Crippen LogP contribution in [0.3, 0.4) is 0 Å². The molecule has 0 saturated carbocycles. The Morgan fingerprint density at radius 1 is 0.838 bits per heavy atom. The SMILES string of the molecule is CC(C)CC(NC(=O)C(Cc1ccccc1)NC(=O)C(N)CC(=O)O)C(=O)NC(CCCCN)C(=O)O. The van der Waals surface area contributed by atoms with Gasteiger partial charge in [-0.05, 0) is 43.7 Å². The summed E-state index contributed by atoms with van der Waals surface area (Å²) in [4.78, 5) is 61.3. The van der Waals surface area contributed by atoms with Crippen LogP contribution in [0.25, 0.3) is 0 Å². The number of amides is 3. The fraction of sp³-hybridized carbons (Fsp3) is 0.560. The van der Waals surface area contributed by atoms with E-state index in [1.54, 1.807) is 30.3 Å². The summed E-state index contributed by atoms with van der Waals surface area (Å²) in [5.74, 6) is -4.65. The van der Waals surface area contributed by atoms with Crippen molar-refractivity contribution in [2.24, 2.45) is 17.4 Å². The number of unbranched alkanes of at least 4 members (excludes halogenated alkanes) is 1. The predicted octanol–water partition coefficient (Wildman–Crippen LogP) is -0.255. The minimum Gasteiger partial charge on any atom is -0.481 e. The minimum atomic E-state index is -1.37. The van der Waals surface area contributed by atoms with E-state index in [0.29, 0.717) is 24.9 Å². The van der Waals surface area contributed by atoms with Crippen LogP contribution in [0.15, 0.2) is 30.3 Å². The Morgan fingerprint density at radius 2 is 1.41 bits per heavy atom. The molecule has 9 N–H and O–H groups in total. The maximum Gasteiger partial charge on any atom is 0.326 e. The van der Waals surface area contributed by atoms with Crippen molar-refractivity contribution in [2.75, 3.05) is 6.54 Å². The number of hydrogen-bond donors (Lipinski definition) is 7. The van der Waals surface area contributed by atoms with Crippen LogP contribution in [0.5, 0.6) is 0 Å². The Labute approximate surface area is 216 Å². The standard InChI is InChI=1S/C25H39N5O7/c1-15(2)12-19(23(34)28-18(25(36)37)10-6-7-11-26)30-24(35)20(13-16-8-4-3-5-9-16)29-22(33)17(27)14-21(31)32/h3-5,8-9,15,17-20H,6-7,10-14,26-27H2,1-2H3,(H,28,34)(H,29,33)(H,30,35)(H,31,32)(H,36,37). The molecule has 12 heteroatoms. The topological polar surface area (TPSA) is 214 Å². The summed E-state index contributed by atoms with van der Waals surface area (Å²) in [6, 6.07) is 4.07. The number of carbonyl (C=O) groups excluding carboxylic acids is 3. The molecule has 1 aromatic carbocycles. The van der Waals surface area contributed by atoms with Crippen LogP contribution in [-0.2, 0) is 30.4 Å². The summed E-state index contributed by atoms with van der Waals surface area (Å²) in [6.45, 7) is 4.09. The van der Waals surface area contributed by atoms with Gasteiger partial charge in [0.1, 0.15) is 18.1 Å². The van der Waals surface area contributed by atoms with E-state index in [2.05, 4.69) is 16.0 Å². The number of hydrogen-bond acceptors (Lipinski definition) is 7. The van der Waals surface area contributed by atoms with Gasteiger partial charge in [0, 0.05) is 6.42 Å². The number of carboxylic acid groups (broad SMARTS) is 2. The smallest absolute Gasteiger partial charge is 0.326 e. The summed E-state index contributed by atoms with van der Waals surface area (Å²) >= 11 is 0. The zero-order chi connectivity index (χ0) is 28.0. The van der Waals surface area contributed by atoms with E-state index < -0.39 is 60.2 Å². The van der Waals surface area contributed by atoms with Gasteiger partial charge in [-0.25, -0.2) is 4.79 Å². The predicted molar refractivity (Wildman–Crippen MR) is 136 cm³/mol. The average Bonchev–Trinajstić information content (AvgIpc) is 2.82. The summed E-state index contributed by atoms with van der Waals surface area (Å²) in [5.41, 5.74) is 11.8. The number of carboxylic acids is 2. The van der Waals surface area contributed by atoms with Crippen LogP contribution in [-0.4, -0.2) is 70.6 Å². The van der Waals surface area contributed by atoms with Gasteiger partial charge in [-0.2, -0.15) is 0 Å². The van der Waals surface area contributed by atoms with Gasteiger partial charge in [0.05, 0.1) is 12.5 Å². The highest BCUT2D eigenvalue weighted by Crippen LogP contribution is 2.10. The zero-order valence-corrected chi connectivity index (χ0v) is 21.3. The van der Waals surface area contributed by atoms with E-state index in [0.717, 1.165) is 0 Å². The lowest BCUT2D eigenvalue weighted by Crippen LogP contribution is -2.58. The molecule has 0 radical (unpaired) electrons. The maximum atomic E-state index is 13.3. The quantitative estimate of drug-likeness (QED) is 0.134. The lowest BCUT2D eigenvalue weighted by Gasteiger charge is -2.26. The molecular weight excluding hydrogens is 482 g/mol. The summed E-state index contributed by atoms with van der Waals surface area (Å²) in [5, 5.41) is 26.0. The molecule has 0 saturated heterocycles. The molecule has 1 aromatic rings. The van der Waals surface area contributed by atoms with E-state index in [9.17, 15) is 29.1 Å². The van der Waals surface area contributed by atoms with Crippen molar-refractivity contribution in [1.82, 2.24) is 16.0 Å². The third-order valence-electron chi connectivity index (χ3n) is 5.55. The monoisotopic (exact) mass is 521 g/mol. The van der Waals surface area contributed by atoms with Gasteiger partial charge in [0.2, 0.25) is 17.7 Å². The molecule has 0 aliphatic rings. The molecule has 4 unspecified atom stereocenters. The van der Waals surface area contributed by atoms with Crippen molar-refractivity contribution in [1.29, 1.82) is 0 Å². The van der Waals surface area contributed by atoms with Crippen molar-refractivity contribution in [3.05, 3.63) is 35.9 Å². The molecule has 0 bridgehead atoms. The number of aliphatic carboxylic acids is 2. The van der Waals surface area contributed by atoms with Crippen LogP contribution in [0.2, 0.25) is 0 Å². The molecule has 0 aromatic heterocycles. The highest BCUT2D eigenvalue weighted by molar-refractivity contribution is 5.94. The first-order valence-electron chi connectivity index (χ1n) is 12.3. The van der Waals surface area contributed by atoms with E-state index in [-0.39, 0.29) is 25.2 Å². The van der Waals surface area contributed by atoms with Crippen LogP contribution < -0.4 is 27.4 Å². The second kappa shape index (κ2) is 16.3. The van der Waals surface area contributed by atoms with Crippen LogP contribution >= 0.6 is 0 Å². The van der Waals surface area contributed by atoms with Crippen molar-refractivity contribution < 1.29 is 34.2 Å². The van der Waals surface area contributed by atoms with Crippen LogP contribution in [0.1, 0.15) is 51.5 Å². The largest absolute Gasteiger partial charge is 0.481 e. The van der Waals surface area contributed by atoms with Crippen molar-refractivity contribution >= 4 is 29.7 Å². The Morgan fingerprint density at radius 3 is 1.95 bits per heavy atom. The van der Waals surface area contributed by atoms with Gasteiger partial charge >= 0.3 is 11.9 Å². The lowest BCUT2D eigenvalue weighted by molar-refractivity contribution is -0.142. The van der Waals surface area contributed by atoms with Gasteiger partial charge in [-0.3, -0.25) is 19.2 Å². The molecule has 0 heterocycles. The second-order valence-electron chi connectivity index (χ2n) is 9.33. The first kappa shape index (κ1) is 31.5. The van der Waals surface area contributed by atoms with Gasteiger partial charge < -0.3 is 37.6 Å². The maximum absolute atomic E-state index is 13.3. The fourth-order valence-corrected chi connectivity index (χ4v) is 3.62. The number of nitrogens with two attached hydrogens (primary N) is 2. The van der Waals surface area contributed by atoms with E-state index in [1.807, 2.05) is 13.8 Å². The molecule has 206 valence electrons. The van der Waals surface area contributed by atoms with Crippen LogP contribution in [0, 0.1) is 5.92 Å². The van der Waals surface area contributed by atoms with Crippen molar-refractivity contribution in [2.45, 2.75) is 76.5 Å².